The number of aryl methyl sites for hydroxylation is 1. The van der Waals surface area contributed by atoms with Gasteiger partial charge in [0.05, 0.1) is 19.1 Å². The molecule has 0 saturated heterocycles. The molecule has 142 valence electrons. The maximum atomic E-state index is 6.05. The van der Waals surface area contributed by atoms with Crippen molar-refractivity contribution in [2.75, 3.05) is 7.11 Å². The van der Waals surface area contributed by atoms with E-state index in [1.807, 2.05) is 92.7 Å². The van der Waals surface area contributed by atoms with Crippen LogP contribution in [-0.2, 0) is 0 Å². The summed E-state index contributed by atoms with van der Waals surface area (Å²) in [5.41, 5.74) is 2.73. The number of ether oxygens (including phenoxy) is 3. The first-order chi connectivity index (χ1) is 13.6. The molecule has 0 saturated carbocycles. The van der Waals surface area contributed by atoms with E-state index in [1.165, 1.54) is 5.56 Å². The Labute approximate surface area is 165 Å². The topological polar surface area (TPSA) is 40.0 Å². The van der Waals surface area contributed by atoms with Gasteiger partial charge in [-0.2, -0.15) is 0 Å². The zero-order chi connectivity index (χ0) is 19.8. The molecular weight excluding hydrogens is 350 g/mol. The van der Waals surface area contributed by atoms with Crippen LogP contribution in [0.25, 0.3) is 0 Å². The van der Waals surface area contributed by atoms with Crippen molar-refractivity contribution in [2.24, 2.45) is 4.99 Å². The number of aliphatic imine (C=N–C) groups is 1. The van der Waals surface area contributed by atoms with Crippen LogP contribution in [0, 0.1) is 6.92 Å². The smallest absolute Gasteiger partial charge is 0.225 e. The SMILES string of the molecule is COc1cccc(O/C(=N/c2ccccc2)C(C)=COc2ccc(C)cc2)c1. The maximum absolute atomic E-state index is 6.05. The van der Waals surface area contributed by atoms with Crippen LogP contribution in [0.1, 0.15) is 12.5 Å². The summed E-state index contributed by atoms with van der Waals surface area (Å²) in [5.74, 6) is 2.56. The Bertz CT molecular complexity index is 961. The fraction of sp³-hybridized carbons (Fsp3) is 0.125. The first-order valence-corrected chi connectivity index (χ1v) is 9.00. The number of para-hydroxylation sites is 1. The monoisotopic (exact) mass is 373 g/mol. The van der Waals surface area contributed by atoms with Crippen LogP contribution in [0.15, 0.2) is 95.7 Å². The zero-order valence-electron chi connectivity index (χ0n) is 16.3. The lowest BCUT2D eigenvalue weighted by molar-refractivity contribution is 0.411. The van der Waals surface area contributed by atoms with Gasteiger partial charge in [-0.25, -0.2) is 4.99 Å². The predicted octanol–water partition coefficient (Wildman–Crippen LogP) is 6.10. The predicted molar refractivity (Wildman–Crippen MR) is 113 cm³/mol. The fourth-order valence-electron chi connectivity index (χ4n) is 2.41. The molecule has 0 fully saturated rings. The Morgan fingerprint density at radius 1 is 0.821 bits per heavy atom. The lowest BCUT2D eigenvalue weighted by atomic mass is 10.2. The normalized spacial score (nSPS) is 11.8. The molecule has 0 N–H and O–H groups in total. The molecule has 3 aromatic carbocycles. The van der Waals surface area contributed by atoms with Gasteiger partial charge >= 0.3 is 0 Å². The minimum atomic E-state index is 0.451. The summed E-state index contributed by atoms with van der Waals surface area (Å²) in [5, 5.41) is 0. The summed E-state index contributed by atoms with van der Waals surface area (Å²) >= 11 is 0. The molecule has 3 rings (SSSR count). The standard InChI is InChI=1S/C24H23NO3/c1-18-12-14-21(15-13-18)27-17-19(2)24(25-20-8-5-4-6-9-20)28-23-11-7-10-22(16-23)26-3/h4-17H,1-3H3/b19-17?,25-24+. The van der Waals surface area contributed by atoms with Crippen molar-refractivity contribution in [3.05, 3.63) is 96.3 Å². The number of methoxy groups -OCH3 is 1. The van der Waals surface area contributed by atoms with E-state index < -0.39 is 0 Å². The van der Waals surface area contributed by atoms with Crippen molar-refractivity contribution in [2.45, 2.75) is 13.8 Å². The maximum Gasteiger partial charge on any atom is 0.225 e. The van der Waals surface area contributed by atoms with Gasteiger partial charge in [0, 0.05) is 11.6 Å². The first-order valence-electron chi connectivity index (χ1n) is 9.00. The molecule has 0 spiro atoms. The van der Waals surface area contributed by atoms with Gasteiger partial charge in [-0.15, -0.1) is 0 Å². The third-order valence-electron chi connectivity index (χ3n) is 3.97. The van der Waals surface area contributed by atoms with Crippen LogP contribution >= 0.6 is 0 Å². The highest BCUT2D eigenvalue weighted by molar-refractivity contribution is 5.96. The Morgan fingerprint density at radius 3 is 2.25 bits per heavy atom. The fourth-order valence-corrected chi connectivity index (χ4v) is 2.41. The molecule has 28 heavy (non-hydrogen) atoms. The highest BCUT2D eigenvalue weighted by Crippen LogP contribution is 2.22. The summed E-state index contributed by atoms with van der Waals surface area (Å²) < 4.78 is 17.1. The molecule has 3 aromatic rings. The third-order valence-corrected chi connectivity index (χ3v) is 3.97. The summed E-state index contributed by atoms with van der Waals surface area (Å²) in [6.07, 6.45) is 1.65. The van der Waals surface area contributed by atoms with E-state index in [4.69, 9.17) is 14.2 Å². The van der Waals surface area contributed by atoms with Crippen molar-refractivity contribution in [1.29, 1.82) is 0 Å². The highest BCUT2D eigenvalue weighted by Gasteiger charge is 2.09. The number of rotatable bonds is 6. The van der Waals surface area contributed by atoms with Gasteiger partial charge in [0.1, 0.15) is 17.2 Å². The van der Waals surface area contributed by atoms with E-state index in [0.717, 1.165) is 17.0 Å². The van der Waals surface area contributed by atoms with E-state index in [0.29, 0.717) is 17.4 Å². The van der Waals surface area contributed by atoms with Crippen molar-refractivity contribution in [3.63, 3.8) is 0 Å². The minimum absolute atomic E-state index is 0.451. The number of benzene rings is 3. The van der Waals surface area contributed by atoms with E-state index in [-0.39, 0.29) is 0 Å². The molecule has 0 unspecified atom stereocenters. The molecule has 0 aliphatic carbocycles. The van der Waals surface area contributed by atoms with Gasteiger partial charge in [0.25, 0.3) is 0 Å². The molecule has 4 heteroatoms. The quantitative estimate of drug-likeness (QED) is 0.298. The van der Waals surface area contributed by atoms with Gasteiger partial charge in [-0.1, -0.05) is 42.0 Å². The lowest BCUT2D eigenvalue weighted by Crippen LogP contribution is -2.11. The third kappa shape index (κ3) is 5.48. The molecule has 0 atom stereocenters. The Kier molecular flexibility index (Phi) is 6.47. The van der Waals surface area contributed by atoms with Crippen LogP contribution in [0.4, 0.5) is 5.69 Å². The average molecular weight is 373 g/mol. The molecule has 0 heterocycles. The molecular formula is C24H23NO3. The molecule has 0 aliphatic rings. The molecule has 0 bridgehead atoms. The van der Waals surface area contributed by atoms with Gasteiger partial charge in [-0.3, -0.25) is 0 Å². The Balaban J connectivity index is 1.87. The molecule has 0 aromatic heterocycles. The molecule has 4 nitrogen and oxygen atoms in total. The van der Waals surface area contributed by atoms with Crippen molar-refractivity contribution in [1.82, 2.24) is 0 Å². The summed E-state index contributed by atoms with van der Waals surface area (Å²) in [6, 6.07) is 24.9. The second kappa shape index (κ2) is 9.42. The molecule has 0 amide bonds. The largest absolute Gasteiger partial charge is 0.497 e. The van der Waals surface area contributed by atoms with E-state index in [2.05, 4.69) is 4.99 Å². The van der Waals surface area contributed by atoms with Crippen molar-refractivity contribution >= 4 is 11.6 Å². The second-order valence-corrected chi connectivity index (χ2v) is 6.27. The van der Waals surface area contributed by atoms with Crippen molar-refractivity contribution < 1.29 is 14.2 Å². The summed E-state index contributed by atoms with van der Waals surface area (Å²) in [6.45, 7) is 3.94. The van der Waals surface area contributed by atoms with Crippen LogP contribution in [-0.4, -0.2) is 13.0 Å². The van der Waals surface area contributed by atoms with Crippen LogP contribution in [0.5, 0.6) is 17.2 Å². The van der Waals surface area contributed by atoms with Crippen LogP contribution in [0.3, 0.4) is 0 Å². The average Bonchev–Trinajstić information content (AvgIpc) is 2.73. The summed E-state index contributed by atoms with van der Waals surface area (Å²) in [7, 11) is 1.62. The molecule has 0 aliphatic heterocycles. The number of hydrogen-bond donors (Lipinski definition) is 0. The van der Waals surface area contributed by atoms with Crippen molar-refractivity contribution in [3.8, 4) is 17.2 Å². The number of hydrogen-bond acceptors (Lipinski definition) is 4. The summed E-state index contributed by atoms with van der Waals surface area (Å²) in [4.78, 5) is 4.64. The molecule has 0 radical (unpaired) electrons. The van der Waals surface area contributed by atoms with Gasteiger partial charge in [0.15, 0.2) is 0 Å². The zero-order valence-corrected chi connectivity index (χ0v) is 16.3. The second-order valence-electron chi connectivity index (χ2n) is 6.27. The minimum Gasteiger partial charge on any atom is -0.497 e. The highest BCUT2D eigenvalue weighted by atomic mass is 16.5. The van der Waals surface area contributed by atoms with E-state index in [9.17, 15) is 0 Å². The van der Waals surface area contributed by atoms with Crippen LogP contribution in [0.2, 0.25) is 0 Å². The Hall–Kier alpha value is -3.53. The van der Waals surface area contributed by atoms with Gasteiger partial charge in [0.2, 0.25) is 5.90 Å². The Morgan fingerprint density at radius 2 is 1.54 bits per heavy atom. The number of nitrogens with zero attached hydrogens (tertiary/aromatic N) is 1. The van der Waals surface area contributed by atoms with Gasteiger partial charge in [-0.05, 0) is 50.2 Å². The lowest BCUT2D eigenvalue weighted by Gasteiger charge is -2.11. The van der Waals surface area contributed by atoms with Crippen LogP contribution < -0.4 is 14.2 Å². The van der Waals surface area contributed by atoms with Gasteiger partial charge < -0.3 is 14.2 Å². The first kappa shape index (κ1) is 19.2. The van der Waals surface area contributed by atoms with E-state index >= 15 is 0 Å². The van der Waals surface area contributed by atoms with E-state index in [1.54, 1.807) is 13.4 Å².